The number of rotatable bonds is 1. The first kappa shape index (κ1) is 14.2. The van der Waals surface area contributed by atoms with Crippen molar-refractivity contribution < 1.29 is 4.74 Å². The van der Waals surface area contributed by atoms with Crippen molar-refractivity contribution in [3.8, 4) is 0 Å². The molecular weight excluding hydrogens is 301 g/mol. The molecule has 0 bridgehead atoms. The second-order valence-corrected chi connectivity index (χ2v) is 7.90. The summed E-state index contributed by atoms with van der Waals surface area (Å²) in [5.41, 5.74) is 1.06. The van der Waals surface area contributed by atoms with E-state index in [1.165, 1.54) is 37.0 Å². The summed E-state index contributed by atoms with van der Waals surface area (Å²) in [5.74, 6) is 0. The average molecular weight is 320 g/mol. The van der Waals surface area contributed by atoms with Crippen LogP contribution in [0.4, 0.5) is 0 Å². The van der Waals surface area contributed by atoms with Crippen LogP contribution in [-0.4, -0.2) is 18.7 Å². The minimum absolute atomic E-state index is 0.0111. The molecule has 1 saturated carbocycles. The third-order valence-corrected chi connectivity index (χ3v) is 5.73. The molecule has 106 valence electrons. The lowest BCUT2D eigenvalue weighted by Gasteiger charge is -2.41. The SMILES string of the molecule is Clc1cc(C2CNCC3(CCCCCC3)O2)c(Cl)s1. The first-order valence-corrected chi connectivity index (χ1v) is 8.59. The Labute approximate surface area is 128 Å². The lowest BCUT2D eigenvalue weighted by Crippen LogP contribution is -2.50. The van der Waals surface area contributed by atoms with Crippen LogP contribution >= 0.6 is 34.5 Å². The normalized spacial score (nSPS) is 27.4. The summed E-state index contributed by atoms with van der Waals surface area (Å²) >= 11 is 13.7. The summed E-state index contributed by atoms with van der Waals surface area (Å²) in [6.07, 6.45) is 7.57. The fourth-order valence-electron chi connectivity index (χ4n) is 3.23. The summed E-state index contributed by atoms with van der Waals surface area (Å²) in [4.78, 5) is 0. The second-order valence-electron chi connectivity index (χ2n) is 5.61. The van der Waals surface area contributed by atoms with E-state index in [2.05, 4.69) is 5.32 Å². The number of ether oxygens (including phenoxy) is 1. The van der Waals surface area contributed by atoms with Gasteiger partial charge in [-0.15, -0.1) is 11.3 Å². The molecule has 1 aromatic heterocycles. The third-order valence-electron chi connectivity index (χ3n) is 4.21. The molecule has 2 fully saturated rings. The predicted molar refractivity (Wildman–Crippen MR) is 81.5 cm³/mol. The molecule has 1 aliphatic heterocycles. The Bertz CT molecular complexity index is 441. The van der Waals surface area contributed by atoms with Crippen molar-refractivity contribution in [1.82, 2.24) is 5.32 Å². The lowest BCUT2D eigenvalue weighted by molar-refractivity contribution is -0.126. The quantitative estimate of drug-likeness (QED) is 0.802. The molecule has 1 spiro atoms. The zero-order valence-electron chi connectivity index (χ0n) is 10.9. The van der Waals surface area contributed by atoms with Gasteiger partial charge in [0.1, 0.15) is 4.34 Å². The Morgan fingerprint density at radius 3 is 2.58 bits per heavy atom. The van der Waals surface area contributed by atoms with E-state index in [1.54, 1.807) is 0 Å². The standard InChI is InChI=1S/C14H19Cl2NOS/c15-12-7-10(13(16)19-12)11-8-17-9-14(18-11)5-3-1-2-4-6-14/h7,11,17H,1-6,8-9H2. The minimum Gasteiger partial charge on any atom is -0.364 e. The maximum absolute atomic E-state index is 6.48. The molecule has 5 heteroatoms. The van der Waals surface area contributed by atoms with E-state index in [1.807, 2.05) is 6.07 Å². The van der Waals surface area contributed by atoms with Crippen LogP contribution in [0.3, 0.4) is 0 Å². The van der Waals surface area contributed by atoms with Crippen molar-refractivity contribution in [2.24, 2.45) is 0 Å². The minimum atomic E-state index is 0.0111. The van der Waals surface area contributed by atoms with Crippen molar-refractivity contribution >= 4 is 34.5 Å². The molecule has 2 aliphatic rings. The van der Waals surface area contributed by atoms with Gasteiger partial charge in [-0.3, -0.25) is 0 Å². The molecule has 1 aliphatic carbocycles. The average Bonchev–Trinajstić information content (AvgIpc) is 2.60. The summed E-state index contributed by atoms with van der Waals surface area (Å²) in [7, 11) is 0. The van der Waals surface area contributed by atoms with E-state index in [0.717, 1.165) is 40.2 Å². The van der Waals surface area contributed by atoms with Crippen LogP contribution in [0.25, 0.3) is 0 Å². The topological polar surface area (TPSA) is 21.3 Å². The molecule has 1 N–H and O–H groups in total. The van der Waals surface area contributed by atoms with Crippen LogP contribution in [0.1, 0.15) is 50.2 Å². The van der Waals surface area contributed by atoms with Gasteiger partial charge in [-0.1, -0.05) is 48.9 Å². The van der Waals surface area contributed by atoms with E-state index >= 15 is 0 Å². The zero-order valence-corrected chi connectivity index (χ0v) is 13.2. The molecule has 1 atom stereocenters. The Morgan fingerprint density at radius 2 is 1.95 bits per heavy atom. The van der Waals surface area contributed by atoms with Crippen LogP contribution in [-0.2, 0) is 4.74 Å². The molecule has 0 radical (unpaired) electrons. The van der Waals surface area contributed by atoms with Gasteiger partial charge in [0.2, 0.25) is 0 Å². The highest BCUT2D eigenvalue weighted by Crippen LogP contribution is 2.42. The van der Waals surface area contributed by atoms with Crippen LogP contribution in [0.2, 0.25) is 8.67 Å². The van der Waals surface area contributed by atoms with Crippen LogP contribution < -0.4 is 5.32 Å². The van der Waals surface area contributed by atoms with Gasteiger partial charge in [0.15, 0.2) is 0 Å². The van der Waals surface area contributed by atoms with Gasteiger partial charge < -0.3 is 10.1 Å². The van der Waals surface area contributed by atoms with E-state index in [9.17, 15) is 0 Å². The van der Waals surface area contributed by atoms with E-state index < -0.39 is 0 Å². The third kappa shape index (κ3) is 3.11. The fraction of sp³-hybridized carbons (Fsp3) is 0.714. The molecule has 2 nitrogen and oxygen atoms in total. The maximum Gasteiger partial charge on any atom is 0.100 e. The van der Waals surface area contributed by atoms with E-state index in [4.69, 9.17) is 27.9 Å². The summed E-state index contributed by atoms with van der Waals surface area (Å²) < 4.78 is 7.98. The first-order valence-electron chi connectivity index (χ1n) is 7.02. The molecule has 1 unspecified atom stereocenters. The molecular formula is C14H19Cl2NOS. The highest BCUT2D eigenvalue weighted by atomic mass is 35.5. The molecule has 19 heavy (non-hydrogen) atoms. The monoisotopic (exact) mass is 319 g/mol. The van der Waals surface area contributed by atoms with Crippen molar-refractivity contribution in [1.29, 1.82) is 0 Å². The van der Waals surface area contributed by atoms with Crippen molar-refractivity contribution in [3.63, 3.8) is 0 Å². The summed E-state index contributed by atoms with van der Waals surface area (Å²) in [6, 6.07) is 1.95. The van der Waals surface area contributed by atoms with Gasteiger partial charge in [0.05, 0.1) is 16.0 Å². The number of hydrogen-bond donors (Lipinski definition) is 1. The second kappa shape index (κ2) is 5.90. The zero-order chi connectivity index (χ0) is 13.3. The van der Waals surface area contributed by atoms with Gasteiger partial charge in [-0.05, 0) is 18.9 Å². The van der Waals surface area contributed by atoms with Crippen molar-refractivity contribution in [3.05, 3.63) is 20.3 Å². The number of thiophene rings is 1. The van der Waals surface area contributed by atoms with Crippen LogP contribution in [0.5, 0.6) is 0 Å². The molecule has 2 heterocycles. The van der Waals surface area contributed by atoms with Gasteiger partial charge in [-0.2, -0.15) is 0 Å². The Hall–Kier alpha value is 0.200. The van der Waals surface area contributed by atoms with Gasteiger partial charge in [-0.25, -0.2) is 0 Å². The predicted octanol–water partition coefficient (Wildman–Crippen LogP) is 4.81. The molecule has 3 rings (SSSR count). The van der Waals surface area contributed by atoms with Crippen molar-refractivity contribution in [2.45, 2.75) is 50.2 Å². The first-order chi connectivity index (χ1) is 9.19. The largest absolute Gasteiger partial charge is 0.364 e. The Kier molecular flexibility index (Phi) is 4.40. The number of nitrogens with one attached hydrogen (secondary N) is 1. The summed E-state index contributed by atoms with van der Waals surface area (Å²) in [6.45, 7) is 1.80. The van der Waals surface area contributed by atoms with Crippen LogP contribution in [0, 0.1) is 0 Å². The lowest BCUT2D eigenvalue weighted by atomic mass is 9.91. The highest BCUT2D eigenvalue weighted by Gasteiger charge is 2.38. The van der Waals surface area contributed by atoms with E-state index in [0.29, 0.717) is 0 Å². The Morgan fingerprint density at radius 1 is 1.21 bits per heavy atom. The summed E-state index contributed by atoms with van der Waals surface area (Å²) in [5, 5.41) is 3.54. The number of morpholine rings is 1. The number of hydrogen-bond acceptors (Lipinski definition) is 3. The molecule has 0 amide bonds. The number of halogens is 2. The maximum atomic E-state index is 6.48. The Balaban J connectivity index is 1.79. The van der Waals surface area contributed by atoms with E-state index in [-0.39, 0.29) is 11.7 Å². The van der Waals surface area contributed by atoms with Crippen molar-refractivity contribution in [2.75, 3.05) is 13.1 Å². The highest BCUT2D eigenvalue weighted by molar-refractivity contribution is 7.20. The molecule has 1 aromatic rings. The van der Waals surface area contributed by atoms with Gasteiger partial charge >= 0.3 is 0 Å². The van der Waals surface area contributed by atoms with Gasteiger partial charge in [0, 0.05) is 18.7 Å². The van der Waals surface area contributed by atoms with Gasteiger partial charge in [0.25, 0.3) is 0 Å². The molecule has 0 aromatic carbocycles. The smallest absolute Gasteiger partial charge is 0.100 e. The fourth-order valence-corrected chi connectivity index (χ4v) is 4.79. The molecule has 1 saturated heterocycles. The van der Waals surface area contributed by atoms with Crippen LogP contribution in [0.15, 0.2) is 6.07 Å².